The third kappa shape index (κ3) is 3.26. The zero-order valence-corrected chi connectivity index (χ0v) is 17.6. The van der Waals surface area contributed by atoms with Crippen molar-refractivity contribution in [1.82, 2.24) is 28.2 Å². The van der Waals surface area contributed by atoms with Gasteiger partial charge in [-0.25, -0.2) is 9.78 Å². The van der Waals surface area contributed by atoms with Gasteiger partial charge < -0.3 is 14.2 Å². The summed E-state index contributed by atoms with van der Waals surface area (Å²) in [6.07, 6.45) is 1.87. The van der Waals surface area contributed by atoms with E-state index in [1.54, 1.807) is 17.7 Å². The number of likely N-dealkylation sites (tertiary alicyclic amines) is 1. The van der Waals surface area contributed by atoms with Crippen molar-refractivity contribution in [3.63, 3.8) is 0 Å². The van der Waals surface area contributed by atoms with E-state index in [2.05, 4.69) is 9.88 Å². The number of imidazole rings is 1. The molecule has 10 heteroatoms. The molecular formula is C21H26N6O4. The number of piperidine rings is 1. The molecule has 0 radical (unpaired) electrons. The van der Waals surface area contributed by atoms with Gasteiger partial charge >= 0.3 is 5.69 Å². The number of pyridine rings is 1. The van der Waals surface area contributed by atoms with Crippen LogP contribution >= 0.6 is 0 Å². The molecule has 3 aromatic rings. The van der Waals surface area contributed by atoms with Gasteiger partial charge in [0.15, 0.2) is 11.2 Å². The first kappa shape index (κ1) is 20.0. The lowest BCUT2D eigenvalue weighted by Gasteiger charge is -2.43. The number of β-amino-alcohol motifs (C(OH)–C–C–N with tert-alkyl or cyclic N) is 1. The topological polar surface area (TPSA) is 107 Å². The van der Waals surface area contributed by atoms with Crippen LogP contribution in [0.5, 0.6) is 0 Å². The lowest BCUT2D eigenvalue weighted by molar-refractivity contribution is 0.0552. The van der Waals surface area contributed by atoms with Gasteiger partial charge in [0, 0.05) is 58.0 Å². The zero-order chi connectivity index (χ0) is 21.9. The molecule has 2 aliphatic heterocycles. The Balaban J connectivity index is 1.34. The Morgan fingerprint density at radius 3 is 2.71 bits per heavy atom. The minimum absolute atomic E-state index is 0.0589. The summed E-state index contributed by atoms with van der Waals surface area (Å²) >= 11 is 0. The van der Waals surface area contributed by atoms with Gasteiger partial charge in [-0.2, -0.15) is 0 Å². The normalized spacial score (nSPS) is 21.9. The molecule has 1 saturated heterocycles. The van der Waals surface area contributed by atoms with E-state index in [1.165, 1.54) is 17.9 Å². The lowest BCUT2D eigenvalue weighted by Crippen LogP contribution is -2.49. The highest BCUT2D eigenvalue weighted by molar-refractivity contribution is 5.69. The van der Waals surface area contributed by atoms with E-state index in [4.69, 9.17) is 0 Å². The van der Waals surface area contributed by atoms with E-state index in [0.717, 1.165) is 29.8 Å². The summed E-state index contributed by atoms with van der Waals surface area (Å²) in [6.45, 7) is 3.02. The standard InChI is InChI=1S/C21H26N6O4/c1-23-19-18(20(30)24(2)21(23)31)26(12-22-19)11-15(28)10-25-7-13-6-14(9-25)16-4-3-5-17(29)27(16)8-13/h3-5,12-15,28H,6-11H2,1-2H3/t13-,14+,15+/m0/s1. The summed E-state index contributed by atoms with van der Waals surface area (Å²) in [7, 11) is 3.01. The summed E-state index contributed by atoms with van der Waals surface area (Å²) in [4.78, 5) is 43.4. The number of aliphatic hydroxyl groups excluding tert-OH is 1. The average Bonchev–Trinajstić information content (AvgIpc) is 3.15. The Morgan fingerprint density at radius 2 is 1.90 bits per heavy atom. The number of hydrogen-bond acceptors (Lipinski definition) is 6. The van der Waals surface area contributed by atoms with Crippen molar-refractivity contribution in [2.45, 2.75) is 31.5 Å². The molecular weight excluding hydrogens is 400 g/mol. The Morgan fingerprint density at radius 1 is 1.10 bits per heavy atom. The Kier molecular flexibility index (Phi) is 4.71. The van der Waals surface area contributed by atoms with Crippen LogP contribution in [-0.2, 0) is 27.2 Å². The highest BCUT2D eigenvalue weighted by atomic mass is 16.3. The van der Waals surface area contributed by atoms with E-state index < -0.39 is 17.4 Å². The maximum absolute atomic E-state index is 12.6. The molecule has 0 aliphatic carbocycles. The van der Waals surface area contributed by atoms with Crippen LogP contribution in [0.3, 0.4) is 0 Å². The van der Waals surface area contributed by atoms with Crippen LogP contribution in [0.15, 0.2) is 38.9 Å². The molecule has 31 heavy (non-hydrogen) atoms. The summed E-state index contributed by atoms with van der Waals surface area (Å²) in [5.41, 5.74) is 0.916. The number of aliphatic hydroxyl groups is 1. The Labute approximate surface area is 177 Å². The molecule has 1 N–H and O–H groups in total. The smallest absolute Gasteiger partial charge is 0.332 e. The van der Waals surface area contributed by atoms with E-state index >= 15 is 0 Å². The first-order valence-electron chi connectivity index (χ1n) is 10.5. The van der Waals surface area contributed by atoms with Crippen LogP contribution in [-0.4, -0.2) is 59.0 Å². The third-order valence-electron chi connectivity index (χ3n) is 6.65. The first-order valence-corrected chi connectivity index (χ1v) is 10.5. The fourth-order valence-electron chi connectivity index (χ4n) is 5.26. The second-order valence-electron chi connectivity index (χ2n) is 8.85. The van der Waals surface area contributed by atoms with Crippen molar-refractivity contribution in [3.8, 4) is 0 Å². The Hall–Kier alpha value is -2.98. The van der Waals surface area contributed by atoms with Crippen LogP contribution < -0.4 is 16.8 Å². The largest absolute Gasteiger partial charge is 0.390 e. The van der Waals surface area contributed by atoms with Crippen molar-refractivity contribution in [3.05, 3.63) is 61.4 Å². The number of aromatic nitrogens is 5. The quantitative estimate of drug-likeness (QED) is 0.578. The van der Waals surface area contributed by atoms with Gasteiger partial charge in [0.1, 0.15) is 0 Å². The first-order chi connectivity index (χ1) is 14.8. The van der Waals surface area contributed by atoms with Gasteiger partial charge in [-0.05, 0) is 18.4 Å². The molecule has 0 aromatic carbocycles. The summed E-state index contributed by atoms with van der Waals surface area (Å²) < 4.78 is 5.91. The van der Waals surface area contributed by atoms with Crippen LogP contribution in [0.25, 0.3) is 11.2 Å². The summed E-state index contributed by atoms with van der Waals surface area (Å²) in [6, 6.07) is 5.46. The fourth-order valence-corrected chi connectivity index (χ4v) is 5.26. The number of fused-ring (bicyclic) bond motifs is 5. The molecule has 2 aliphatic rings. The Bertz CT molecular complexity index is 1330. The highest BCUT2D eigenvalue weighted by Crippen LogP contribution is 2.34. The van der Waals surface area contributed by atoms with E-state index in [-0.39, 0.29) is 18.0 Å². The van der Waals surface area contributed by atoms with Crippen molar-refractivity contribution in [1.29, 1.82) is 0 Å². The SMILES string of the molecule is Cn1c(=O)c2c(ncn2C[C@H](O)CN2C[C@@H]3C[C@H](C2)c2cccc(=O)n2C3)n(C)c1=O. The van der Waals surface area contributed by atoms with Crippen LogP contribution in [0.2, 0.25) is 0 Å². The highest BCUT2D eigenvalue weighted by Gasteiger charge is 2.35. The van der Waals surface area contributed by atoms with Crippen molar-refractivity contribution in [2.75, 3.05) is 19.6 Å². The van der Waals surface area contributed by atoms with E-state index in [1.807, 2.05) is 16.7 Å². The molecule has 0 unspecified atom stereocenters. The maximum Gasteiger partial charge on any atom is 0.332 e. The zero-order valence-electron chi connectivity index (χ0n) is 17.6. The van der Waals surface area contributed by atoms with Gasteiger partial charge in [0.25, 0.3) is 11.1 Å². The molecule has 164 valence electrons. The number of hydrogen-bond donors (Lipinski definition) is 1. The van der Waals surface area contributed by atoms with Crippen molar-refractivity contribution in [2.24, 2.45) is 20.0 Å². The minimum Gasteiger partial charge on any atom is -0.390 e. The predicted molar refractivity (Wildman–Crippen MR) is 114 cm³/mol. The summed E-state index contributed by atoms with van der Waals surface area (Å²) in [5, 5.41) is 10.8. The number of rotatable bonds is 4. The third-order valence-corrected chi connectivity index (χ3v) is 6.65. The van der Waals surface area contributed by atoms with E-state index in [9.17, 15) is 19.5 Å². The van der Waals surface area contributed by atoms with Crippen LogP contribution in [0.1, 0.15) is 18.0 Å². The summed E-state index contributed by atoms with van der Waals surface area (Å²) in [5.74, 6) is 0.666. The molecule has 2 bridgehead atoms. The average molecular weight is 426 g/mol. The molecule has 0 saturated carbocycles. The molecule has 10 nitrogen and oxygen atoms in total. The molecule has 3 aromatic heterocycles. The molecule has 5 heterocycles. The predicted octanol–water partition coefficient (Wildman–Crippen LogP) is -0.924. The van der Waals surface area contributed by atoms with Gasteiger partial charge in [-0.15, -0.1) is 0 Å². The van der Waals surface area contributed by atoms with Gasteiger partial charge in [-0.3, -0.25) is 23.6 Å². The molecule has 1 fully saturated rings. The van der Waals surface area contributed by atoms with Crippen molar-refractivity contribution >= 4 is 11.2 Å². The van der Waals surface area contributed by atoms with Crippen LogP contribution in [0, 0.1) is 5.92 Å². The number of aryl methyl sites for hydroxylation is 1. The van der Waals surface area contributed by atoms with Gasteiger partial charge in [0.2, 0.25) is 0 Å². The van der Waals surface area contributed by atoms with E-state index in [0.29, 0.717) is 30.2 Å². The lowest BCUT2D eigenvalue weighted by atomic mass is 9.83. The number of nitrogens with zero attached hydrogens (tertiary/aromatic N) is 6. The second kappa shape index (κ2) is 7.31. The molecule has 3 atom stereocenters. The minimum atomic E-state index is -0.698. The van der Waals surface area contributed by atoms with Gasteiger partial charge in [0.05, 0.1) is 19.0 Å². The fraction of sp³-hybridized carbons (Fsp3) is 0.524. The molecule has 0 amide bonds. The molecule has 0 spiro atoms. The monoisotopic (exact) mass is 426 g/mol. The van der Waals surface area contributed by atoms with Crippen molar-refractivity contribution < 1.29 is 5.11 Å². The second-order valence-corrected chi connectivity index (χ2v) is 8.85. The van der Waals surface area contributed by atoms with Crippen LogP contribution in [0.4, 0.5) is 0 Å². The maximum atomic E-state index is 12.6. The van der Waals surface area contributed by atoms with Gasteiger partial charge in [-0.1, -0.05) is 6.07 Å². The molecule has 5 rings (SSSR count).